The molecule has 0 aliphatic heterocycles. The minimum atomic E-state index is -4.72. The lowest BCUT2D eigenvalue weighted by Crippen LogP contribution is -2.19. The highest BCUT2D eigenvalue weighted by atomic mass is 35.5. The lowest BCUT2D eigenvalue weighted by Gasteiger charge is -2.13. The summed E-state index contributed by atoms with van der Waals surface area (Å²) in [6.45, 7) is 0.124. The Hall–Kier alpha value is -4.35. The average Bonchev–Trinajstić information content (AvgIpc) is 3.45. The molecule has 0 unspecified atom stereocenters. The molecule has 0 saturated heterocycles. The highest BCUT2D eigenvalue weighted by Gasteiger charge is 2.35. The number of alkyl halides is 3. The smallest absolute Gasteiger partial charge is 0.377 e. The summed E-state index contributed by atoms with van der Waals surface area (Å²) < 4.78 is 45.4. The molecule has 0 radical (unpaired) electrons. The van der Waals surface area contributed by atoms with Crippen molar-refractivity contribution in [1.82, 2.24) is 15.0 Å². The molecular weight excluding hydrogens is 523 g/mol. The minimum absolute atomic E-state index is 0.0807. The number of ether oxygens (including phenoxy) is 1. The highest BCUT2D eigenvalue weighted by molar-refractivity contribution is 6.31. The van der Waals surface area contributed by atoms with Crippen LogP contribution < -0.4 is 10.6 Å². The van der Waals surface area contributed by atoms with Crippen LogP contribution in [0.2, 0.25) is 5.02 Å². The lowest BCUT2D eigenvalue weighted by atomic mass is 10.1. The maximum absolute atomic E-state index is 13.4. The van der Waals surface area contributed by atoms with Crippen molar-refractivity contribution < 1.29 is 27.5 Å². The molecule has 0 bridgehead atoms. The number of aromatic amines is 2. The highest BCUT2D eigenvalue weighted by Crippen LogP contribution is 2.33. The third kappa shape index (κ3) is 5.06. The van der Waals surface area contributed by atoms with Crippen molar-refractivity contribution in [2.45, 2.75) is 12.8 Å². The number of anilines is 2. The summed E-state index contributed by atoms with van der Waals surface area (Å²) in [6.07, 6.45) is -4.72. The molecule has 2 amide bonds. The van der Waals surface area contributed by atoms with Gasteiger partial charge in [-0.25, -0.2) is 4.98 Å². The Labute approximate surface area is 218 Å². The fourth-order valence-electron chi connectivity index (χ4n) is 4.11. The molecule has 0 spiro atoms. The van der Waals surface area contributed by atoms with E-state index < -0.39 is 29.1 Å². The molecule has 0 fully saturated rings. The van der Waals surface area contributed by atoms with Gasteiger partial charge < -0.3 is 25.3 Å². The maximum atomic E-state index is 13.4. The number of fused-ring (bicyclic) bond motifs is 2. The topological polar surface area (TPSA) is 112 Å². The molecule has 5 aromatic rings. The molecular formula is C26H19ClF3N5O3. The number of amides is 2. The van der Waals surface area contributed by atoms with Crippen molar-refractivity contribution >= 4 is 56.9 Å². The van der Waals surface area contributed by atoms with Gasteiger partial charge in [0.25, 0.3) is 11.8 Å². The number of hydrogen-bond donors (Lipinski definition) is 4. The van der Waals surface area contributed by atoms with E-state index in [2.05, 4.69) is 25.6 Å². The monoisotopic (exact) mass is 541 g/mol. The molecule has 0 saturated carbocycles. The molecule has 2 heterocycles. The van der Waals surface area contributed by atoms with Gasteiger partial charge in [0.05, 0.1) is 22.2 Å². The zero-order valence-corrected chi connectivity index (χ0v) is 20.4. The lowest BCUT2D eigenvalue weighted by molar-refractivity contribution is -0.137. The number of aromatic nitrogens is 3. The van der Waals surface area contributed by atoms with E-state index in [1.807, 2.05) is 0 Å². The van der Waals surface area contributed by atoms with E-state index in [1.54, 1.807) is 24.3 Å². The summed E-state index contributed by atoms with van der Waals surface area (Å²) in [5.41, 5.74) is -0.0129. The Morgan fingerprint density at radius 3 is 2.47 bits per heavy atom. The first kappa shape index (κ1) is 25.3. The van der Waals surface area contributed by atoms with Crippen LogP contribution in [0.5, 0.6) is 0 Å². The van der Waals surface area contributed by atoms with E-state index in [-0.39, 0.29) is 17.9 Å². The zero-order valence-electron chi connectivity index (χ0n) is 19.7. The Balaban J connectivity index is 1.51. The Morgan fingerprint density at radius 2 is 1.71 bits per heavy atom. The molecule has 3 aromatic carbocycles. The van der Waals surface area contributed by atoms with Gasteiger partial charge in [0.1, 0.15) is 23.8 Å². The van der Waals surface area contributed by atoms with Crippen molar-refractivity contribution in [3.63, 3.8) is 0 Å². The summed E-state index contributed by atoms with van der Waals surface area (Å²) in [6, 6.07) is 14.2. The normalized spacial score (nSPS) is 11.7. The SMILES string of the molecule is COCc1nc2c(C(=O)Nc3cc4cc(Cl)ccc4[nH]3)cc(NC(=O)c3ccccc3C(F)(F)F)cc2[nH]1. The summed E-state index contributed by atoms with van der Waals surface area (Å²) >= 11 is 6.04. The van der Waals surface area contributed by atoms with Crippen LogP contribution >= 0.6 is 11.6 Å². The number of nitrogens with zero attached hydrogens (tertiary/aromatic N) is 1. The van der Waals surface area contributed by atoms with Crippen LogP contribution in [0, 0.1) is 0 Å². The van der Waals surface area contributed by atoms with Gasteiger partial charge in [0.2, 0.25) is 0 Å². The van der Waals surface area contributed by atoms with Gasteiger partial charge >= 0.3 is 6.18 Å². The summed E-state index contributed by atoms with van der Waals surface area (Å²) in [7, 11) is 1.48. The molecule has 38 heavy (non-hydrogen) atoms. The van der Waals surface area contributed by atoms with Crippen LogP contribution in [0.1, 0.15) is 32.1 Å². The Kier molecular flexibility index (Phi) is 6.55. The molecule has 12 heteroatoms. The first-order valence-electron chi connectivity index (χ1n) is 11.2. The standard InChI is InChI=1S/C26H19ClF3N5O3/c1-38-12-22-33-20-11-15(31-24(36)16-4-2-3-5-18(16)26(28,29)30)10-17(23(20)34-22)25(37)35-21-9-13-8-14(27)6-7-19(13)32-21/h2-11,32H,12H2,1H3,(H,31,36)(H,33,34)(H,35,37). The van der Waals surface area contributed by atoms with Crippen LogP contribution in [0.25, 0.3) is 21.9 Å². The van der Waals surface area contributed by atoms with Gasteiger partial charge in [0.15, 0.2) is 0 Å². The van der Waals surface area contributed by atoms with E-state index in [4.69, 9.17) is 16.3 Å². The molecule has 5 rings (SSSR count). The van der Waals surface area contributed by atoms with Crippen molar-refractivity contribution in [3.8, 4) is 0 Å². The van der Waals surface area contributed by atoms with Crippen LogP contribution in [0.3, 0.4) is 0 Å². The minimum Gasteiger partial charge on any atom is -0.377 e. The quantitative estimate of drug-likeness (QED) is 0.200. The fraction of sp³-hybridized carbons (Fsp3) is 0.115. The molecule has 4 N–H and O–H groups in total. The van der Waals surface area contributed by atoms with Crippen LogP contribution in [-0.2, 0) is 17.5 Å². The molecule has 8 nitrogen and oxygen atoms in total. The van der Waals surface area contributed by atoms with Gasteiger partial charge in [0, 0.05) is 28.7 Å². The van der Waals surface area contributed by atoms with Gasteiger partial charge in [-0.05, 0) is 48.5 Å². The molecule has 2 aromatic heterocycles. The first-order chi connectivity index (χ1) is 18.1. The zero-order chi connectivity index (χ0) is 27.0. The van der Waals surface area contributed by atoms with E-state index in [0.717, 1.165) is 23.0 Å². The van der Waals surface area contributed by atoms with Gasteiger partial charge in [-0.2, -0.15) is 13.2 Å². The number of imidazole rings is 1. The number of benzene rings is 3. The van der Waals surface area contributed by atoms with Crippen molar-refractivity contribution in [2.24, 2.45) is 0 Å². The van der Waals surface area contributed by atoms with E-state index >= 15 is 0 Å². The third-order valence-electron chi connectivity index (χ3n) is 5.73. The summed E-state index contributed by atoms with van der Waals surface area (Å²) in [5.74, 6) is -0.730. The molecule has 0 aliphatic rings. The van der Waals surface area contributed by atoms with Crippen LogP contribution in [0.4, 0.5) is 24.7 Å². The van der Waals surface area contributed by atoms with Crippen LogP contribution in [-0.4, -0.2) is 33.9 Å². The predicted molar refractivity (Wildman–Crippen MR) is 137 cm³/mol. The number of nitrogens with one attached hydrogen (secondary N) is 4. The van der Waals surface area contributed by atoms with Gasteiger partial charge in [-0.3, -0.25) is 9.59 Å². The molecule has 0 atom stereocenters. The summed E-state index contributed by atoms with van der Waals surface area (Å²) in [5, 5.41) is 6.55. The number of methoxy groups -OCH3 is 1. The van der Waals surface area contributed by atoms with E-state index in [9.17, 15) is 22.8 Å². The number of rotatable bonds is 6. The predicted octanol–water partition coefficient (Wildman–Crippen LogP) is 6.37. The second kappa shape index (κ2) is 9.84. The number of H-pyrrole nitrogens is 2. The second-order valence-corrected chi connectivity index (χ2v) is 8.84. The number of carbonyl (C=O) groups is 2. The Bertz CT molecular complexity index is 1690. The maximum Gasteiger partial charge on any atom is 0.417 e. The third-order valence-corrected chi connectivity index (χ3v) is 5.96. The average molecular weight is 542 g/mol. The van der Waals surface area contributed by atoms with Crippen molar-refractivity contribution in [1.29, 1.82) is 0 Å². The van der Waals surface area contributed by atoms with Crippen molar-refractivity contribution in [2.75, 3.05) is 17.7 Å². The molecule has 0 aliphatic carbocycles. The first-order valence-corrected chi connectivity index (χ1v) is 11.6. The largest absolute Gasteiger partial charge is 0.417 e. The molecule has 194 valence electrons. The fourth-order valence-corrected chi connectivity index (χ4v) is 4.29. The second-order valence-electron chi connectivity index (χ2n) is 8.40. The van der Waals surface area contributed by atoms with Gasteiger partial charge in [-0.15, -0.1) is 0 Å². The number of halogens is 4. The van der Waals surface area contributed by atoms with Gasteiger partial charge in [-0.1, -0.05) is 23.7 Å². The summed E-state index contributed by atoms with van der Waals surface area (Å²) in [4.78, 5) is 36.7. The number of carbonyl (C=O) groups excluding carboxylic acids is 2. The number of hydrogen-bond acceptors (Lipinski definition) is 4. The Morgan fingerprint density at radius 1 is 0.947 bits per heavy atom. The van der Waals surface area contributed by atoms with Crippen molar-refractivity contribution in [3.05, 3.63) is 88.2 Å². The van der Waals surface area contributed by atoms with Crippen LogP contribution in [0.15, 0.2) is 60.7 Å². The van der Waals surface area contributed by atoms with E-state index in [0.29, 0.717) is 27.7 Å². The van der Waals surface area contributed by atoms with E-state index in [1.165, 1.54) is 31.4 Å².